The Kier molecular flexibility index (Phi) is 2.55. The van der Waals surface area contributed by atoms with Crippen molar-refractivity contribution in [1.82, 2.24) is 9.88 Å². The Balaban J connectivity index is 2.39. The van der Waals surface area contributed by atoms with Gasteiger partial charge in [-0.3, -0.25) is 9.69 Å². The molecule has 1 amide bonds. The molecule has 1 aliphatic rings. The minimum atomic E-state index is -1.02. The van der Waals surface area contributed by atoms with Crippen LogP contribution in [0.25, 0.3) is 0 Å². The van der Waals surface area contributed by atoms with E-state index in [0.717, 1.165) is 0 Å². The maximum absolute atomic E-state index is 11.1. The number of nitrogens with one attached hydrogen (secondary N) is 1. The van der Waals surface area contributed by atoms with Gasteiger partial charge in [-0.1, -0.05) is 0 Å². The molecule has 6 heteroatoms. The lowest BCUT2D eigenvalue weighted by molar-refractivity contribution is 0.121. The van der Waals surface area contributed by atoms with Crippen molar-refractivity contribution in [3.8, 4) is 5.75 Å². The zero-order chi connectivity index (χ0) is 11.7. The van der Waals surface area contributed by atoms with Crippen molar-refractivity contribution in [2.24, 2.45) is 0 Å². The van der Waals surface area contributed by atoms with E-state index in [0.29, 0.717) is 11.4 Å². The molecule has 2 N–H and O–H groups in total. The first-order valence-corrected chi connectivity index (χ1v) is 4.93. The first kappa shape index (κ1) is 10.5. The summed E-state index contributed by atoms with van der Waals surface area (Å²) in [6, 6.07) is 2.93. The summed E-state index contributed by atoms with van der Waals surface area (Å²) >= 11 is 0. The maximum atomic E-state index is 11.1. The van der Waals surface area contributed by atoms with E-state index in [1.54, 1.807) is 13.0 Å². The minimum absolute atomic E-state index is 0.144. The van der Waals surface area contributed by atoms with Crippen LogP contribution in [0.3, 0.4) is 0 Å². The quantitative estimate of drug-likeness (QED) is 0.677. The van der Waals surface area contributed by atoms with Gasteiger partial charge in [-0.25, -0.2) is 4.79 Å². The molecule has 0 spiro atoms. The second-order valence-electron chi connectivity index (χ2n) is 3.76. The number of carbonyl (C=O) groups is 1. The van der Waals surface area contributed by atoms with Crippen molar-refractivity contribution in [2.75, 3.05) is 6.54 Å². The molecule has 0 unspecified atom stereocenters. The van der Waals surface area contributed by atoms with Gasteiger partial charge in [0.15, 0.2) is 0 Å². The standard InChI is InChI=1S/C10H12N2O4/c1-6-4-12(10(14)15)5-7-8(16-6)2-3-9(13)11-7/h2-3,6H,4-5H2,1H3,(H,11,13)(H,14,15)/t6-/m0/s1. The molecule has 0 bridgehead atoms. The molecule has 1 atom stereocenters. The number of nitrogens with zero attached hydrogens (tertiary/aromatic N) is 1. The van der Waals surface area contributed by atoms with Gasteiger partial charge in [0.1, 0.15) is 11.9 Å². The van der Waals surface area contributed by atoms with E-state index in [9.17, 15) is 9.59 Å². The van der Waals surface area contributed by atoms with Gasteiger partial charge < -0.3 is 14.8 Å². The summed E-state index contributed by atoms with van der Waals surface area (Å²) in [7, 11) is 0. The lowest BCUT2D eigenvalue weighted by atomic mass is 10.3. The predicted octanol–water partition coefficient (Wildman–Crippen LogP) is 0.636. The number of rotatable bonds is 0. The first-order chi connectivity index (χ1) is 7.56. The lowest BCUT2D eigenvalue weighted by Gasteiger charge is -2.17. The molecule has 1 aromatic rings. The van der Waals surface area contributed by atoms with Crippen LogP contribution in [0.4, 0.5) is 4.79 Å². The number of aromatic nitrogens is 1. The van der Waals surface area contributed by atoms with E-state index in [4.69, 9.17) is 9.84 Å². The molecule has 0 aromatic carbocycles. The number of aromatic amines is 1. The molecule has 0 fully saturated rings. The number of carboxylic acid groups (broad SMARTS) is 1. The Morgan fingerprint density at radius 2 is 2.38 bits per heavy atom. The average molecular weight is 224 g/mol. The van der Waals surface area contributed by atoms with Gasteiger partial charge in [0.05, 0.1) is 18.8 Å². The highest BCUT2D eigenvalue weighted by Gasteiger charge is 2.23. The number of hydrogen-bond acceptors (Lipinski definition) is 3. The van der Waals surface area contributed by atoms with Crippen LogP contribution in [-0.4, -0.2) is 33.7 Å². The second-order valence-corrected chi connectivity index (χ2v) is 3.76. The summed E-state index contributed by atoms with van der Waals surface area (Å²) in [4.78, 5) is 25.9. The molecule has 0 aliphatic carbocycles. The zero-order valence-corrected chi connectivity index (χ0v) is 8.77. The van der Waals surface area contributed by atoms with Crippen LogP contribution in [0.5, 0.6) is 5.75 Å². The van der Waals surface area contributed by atoms with E-state index < -0.39 is 6.09 Å². The second kappa shape index (κ2) is 3.88. The van der Waals surface area contributed by atoms with Crippen molar-refractivity contribution in [2.45, 2.75) is 19.6 Å². The van der Waals surface area contributed by atoms with E-state index in [-0.39, 0.29) is 24.8 Å². The van der Waals surface area contributed by atoms with Gasteiger partial charge in [-0.2, -0.15) is 0 Å². The van der Waals surface area contributed by atoms with E-state index in [1.165, 1.54) is 11.0 Å². The maximum Gasteiger partial charge on any atom is 0.407 e. The van der Waals surface area contributed by atoms with Crippen LogP contribution in [0.1, 0.15) is 12.6 Å². The molecule has 1 aromatic heterocycles. The molecule has 2 heterocycles. The fraction of sp³-hybridized carbons (Fsp3) is 0.400. The highest BCUT2D eigenvalue weighted by molar-refractivity contribution is 5.65. The van der Waals surface area contributed by atoms with Crippen LogP contribution < -0.4 is 10.3 Å². The monoisotopic (exact) mass is 224 g/mol. The number of H-pyrrole nitrogens is 1. The average Bonchev–Trinajstić information content (AvgIpc) is 2.36. The smallest absolute Gasteiger partial charge is 0.407 e. The largest absolute Gasteiger partial charge is 0.487 e. The number of ether oxygens (including phenoxy) is 1. The number of hydrogen-bond donors (Lipinski definition) is 2. The minimum Gasteiger partial charge on any atom is -0.487 e. The fourth-order valence-electron chi connectivity index (χ4n) is 1.70. The summed E-state index contributed by atoms with van der Waals surface area (Å²) in [5.41, 5.74) is 0.237. The van der Waals surface area contributed by atoms with Crippen molar-refractivity contribution in [3.63, 3.8) is 0 Å². The van der Waals surface area contributed by atoms with Crippen molar-refractivity contribution < 1.29 is 14.6 Å². The van der Waals surface area contributed by atoms with Crippen molar-refractivity contribution in [3.05, 3.63) is 28.2 Å². The van der Waals surface area contributed by atoms with Gasteiger partial charge in [-0.05, 0) is 13.0 Å². The number of fused-ring (bicyclic) bond motifs is 1. The third-order valence-corrected chi connectivity index (χ3v) is 2.38. The molecular weight excluding hydrogens is 212 g/mol. The van der Waals surface area contributed by atoms with E-state index in [1.807, 2.05) is 0 Å². The summed E-state index contributed by atoms with van der Waals surface area (Å²) in [6.45, 7) is 2.22. The summed E-state index contributed by atoms with van der Waals surface area (Å²) in [5, 5.41) is 8.95. The van der Waals surface area contributed by atoms with Crippen LogP contribution in [0.2, 0.25) is 0 Å². The molecule has 86 valence electrons. The van der Waals surface area contributed by atoms with Crippen LogP contribution >= 0.6 is 0 Å². The summed E-state index contributed by atoms with van der Waals surface area (Å²) in [5.74, 6) is 0.538. The van der Waals surface area contributed by atoms with Crippen LogP contribution in [0, 0.1) is 0 Å². The molecule has 16 heavy (non-hydrogen) atoms. The topological polar surface area (TPSA) is 82.6 Å². The third kappa shape index (κ3) is 2.00. The van der Waals surface area contributed by atoms with Gasteiger partial charge in [0, 0.05) is 6.07 Å². The number of pyridine rings is 1. The SMILES string of the molecule is C[C@H]1CN(C(=O)O)Cc2[nH]c(=O)ccc2O1. The highest BCUT2D eigenvalue weighted by atomic mass is 16.5. The molecular formula is C10H12N2O4. The van der Waals surface area contributed by atoms with Gasteiger partial charge in [0.2, 0.25) is 5.56 Å². The Bertz CT molecular complexity index is 468. The highest BCUT2D eigenvalue weighted by Crippen LogP contribution is 2.21. The summed E-state index contributed by atoms with van der Waals surface area (Å²) in [6.07, 6.45) is -1.25. The van der Waals surface area contributed by atoms with Gasteiger partial charge in [-0.15, -0.1) is 0 Å². The van der Waals surface area contributed by atoms with Crippen molar-refractivity contribution >= 4 is 6.09 Å². The van der Waals surface area contributed by atoms with Crippen LogP contribution in [0.15, 0.2) is 16.9 Å². The predicted molar refractivity (Wildman–Crippen MR) is 55.6 cm³/mol. The van der Waals surface area contributed by atoms with Crippen molar-refractivity contribution in [1.29, 1.82) is 0 Å². The fourth-order valence-corrected chi connectivity index (χ4v) is 1.70. The molecule has 0 saturated heterocycles. The zero-order valence-electron chi connectivity index (χ0n) is 8.77. The number of amides is 1. The Labute approximate surface area is 91.5 Å². The van der Waals surface area contributed by atoms with Crippen LogP contribution in [-0.2, 0) is 6.54 Å². The molecule has 0 radical (unpaired) electrons. The molecule has 0 saturated carbocycles. The summed E-state index contributed by atoms with van der Waals surface area (Å²) < 4.78 is 5.52. The Morgan fingerprint density at radius 1 is 1.62 bits per heavy atom. The Hall–Kier alpha value is -1.98. The molecule has 2 rings (SSSR count). The first-order valence-electron chi connectivity index (χ1n) is 4.93. The van der Waals surface area contributed by atoms with Gasteiger partial charge in [0.25, 0.3) is 0 Å². The third-order valence-electron chi connectivity index (χ3n) is 2.38. The van der Waals surface area contributed by atoms with E-state index >= 15 is 0 Å². The normalized spacial score (nSPS) is 19.6. The van der Waals surface area contributed by atoms with Gasteiger partial charge >= 0.3 is 6.09 Å². The lowest BCUT2D eigenvalue weighted by Crippen LogP contribution is -2.35. The molecule has 1 aliphatic heterocycles. The molecule has 6 nitrogen and oxygen atoms in total. The Morgan fingerprint density at radius 3 is 3.06 bits per heavy atom. The van der Waals surface area contributed by atoms with E-state index in [2.05, 4.69) is 4.98 Å².